The highest BCUT2D eigenvalue weighted by Gasteiger charge is 1.98. The summed E-state index contributed by atoms with van der Waals surface area (Å²) in [6, 6.07) is 0. The SMILES string of the molecule is C=C(C)Cn1ccnc(C)c1=O. The molecule has 1 heterocycles. The van der Waals surface area contributed by atoms with Gasteiger partial charge in [0.1, 0.15) is 5.69 Å². The van der Waals surface area contributed by atoms with Crippen LogP contribution in [0.4, 0.5) is 0 Å². The highest BCUT2D eigenvalue weighted by atomic mass is 16.1. The lowest BCUT2D eigenvalue weighted by atomic mass is 10.3. The Labute approximate surface area is 71.4 Å². The summed E-state index contributed by atoms with van der Waals surface area (Å²) >= 11 is 0. The van der Waals surface area contributed by atoms with Crippen LogP contribution in [0.15, 0.2) is 29.3 Å². The molecule has 0 aliphatic rings. The highest BCUT2D eigenvalue weighted by molar-refractivity contribution is 4.98. The van der Waals surface area contributed by atoms with Crippen molar-refractivity contribution in [2.45, 2.75) is 20.4 Å². The number of hydrogen-bond donors (Lipinski definition) is 0. The van der Waals surface area contributed by atoms with Crippen molar-refractivity contribution in [1.29, 1.82) is 0 Å². The zero-order valence-electron chi connectivity index (χ0n) is 7.37. The molecule has 0 aromatic carbocycles. The van der Waals surface area contributed by atoms with Crippen LogP contribution >= 0.6 is 0 Å². The molecule has 0 saturated carbocycles. The molecule has 1 rings (SSSR count). The fraction of sp³-hybridized carbons (Fsp3) is 0.333. The summed E-state index contributed by atoms with van der Waals surface area (Å²) in [6.45, 7) is 7.91. The van der Waals surface area contributed by atoms with Crippen molar-refractivity contribution in [2.75, 3.05) is 0 Å². The molecule has 1 aromatic rings. The lowest BCUT2D eigenvalue weighted by Crippen LogP contribution is -2.22. The fourth-order valence-electron chi connectivity index (χ4n) is 0.972. The smallest absolute Gasteiger partial charge is 0.272 e. The van der Waals surface area contributed by atoms with Gasteiger partial charge in [0.05, 0.1) is 0 Å². The van der Waals surface area contributed by atoms with Gasteiger partial charge in [-0.2, -0.15) is 0 Å². The maximum Gasteiger partial charge on any atom is 0.272 e. The average Bonchev–Trinajstić information content (AvgIpc) is 1.98. The molecule has 0 unspecified atom stereocenters. The van der Waals surface area contributed by atoms with Crippen molar-refractivity contribution in [3.8, 4) is 0 Å². The predicted octanol–water partition coefficient (Wildman–Crippen LogP) is 1.13. The average molecular weight is 164 g/mol. The van der Waals surface area contributed by atoms with Crippen LogP contribution in [0.2, 0.25) is 0 Å². The summed E-state index contributed by atoms with van der Waals surface area (Å²) in [5.41, 5.74) is 1.45. The zero-order chi connectivity index (χ0) is 9.14. The zero-order valence-corrected chi connectivity index (χ0v) is 7.37. The minimum atomic E-state index is -0.0412. The molecule has 0 atom stereocenters. The van der Waals surface area contributed by atoms with Gasteiger partial charge in [0.15, 0.2) is 0 Å². The largest absolute Gasteiger partial charge is 0.308 e. The Bertz CT molecular complexity index is 352. The normalized spacial score (nSPS) is 9.83. The van der Waals surface area contributed by atoms with E-state index in [1.807, 2.05) is 6.92 Å². The third-order valence-corrected chi connectivity index (χ3v) is 1.53. The van der Waals surface area contributed by atoms with E-state index < -0.39 is 0 Å². The van der Waals surface area contributed by atoms with E-state index in [-0.39, 0.29) is 5.56 Å². The highest BCUT2D eigenvalue weighted by Crippen LogP contribution is 1.91. The van der Waals surface area contributed by atoms with E-state index >= 15 is 0 Å². The molecule has 0 saturated heterocycles. The molecule has 0 aliphatic heterocycles. The molecule has 0 fully saturated rings. The van der Waals surface area contributed by atoms with E-state index in [9.17, 15) is 4.79 Å². The minimum Gasteiger partial charge on any atom is -0.308 e. The molecule has 0 amide bonds. The van der Waals surface area contributed by atoms with Gasteiger partial charge in [-0.3, -0.25) is 9.78 Å². The minimum absolute atomic E-state index is 0.0412. The number of allylic oxidation sites excluding steroid dienone is 1. The van der Waals surface area contributed by atoms with E-state index in [0.717, 1.165) is 5.57 Å². The van der Waals surface area contributed by atoms with Crippen LogP contribution in [0.3, 0.4) is 0 Å². The van der Waals surface area contributed by atoms with Gasteiger partial charge in [0, 0.05) is 18.9 Å². The Hall–Kier alpha value is -1.38. The van der Waals surface area contributed by atoms with Gasteiger partial charge < -0.3 is 4.57 Å². The molecule has 0 N–H and O–H groups in total. The number of aromatic nitrogens is 2. The van der Waals surface area contributed by atoms with Crippen molar-refractivity contribution in [3.63, 3.8) is 0 Å². The Kier molecular flexibility index (Phi) is 2.43. The first kappa shape index (κ1) is 8.71. The topological polar surface area (TPSA) is 34.9 Å². The van der Waals surface area contributed by atoms with Crippen LogP contribution < -0.4 is 5.56 Å². The first-order valence-electron chi connectivity index (χ1n) is 3.77. The molecular weight excluding hydrogens is 152 g/mol. The number of rotatable bonds is 2. The van der Waals surface area contributed by atoms with E-state index in [4.69, 9.17) is 0 Å². The van der Waals surface area contributed by atoms with Gasteiger partial charge >= 0.3 is 0 Å². The summed E-state index contributed by atoms with van der Waals surface area (Å²) in [6.07, 6.45) is 3.30. The summed E-state index contributed by atoms with van der Waals surface area (Å²) < 4.78 is 1.60. The number of nitrogens with zero attached hydrogens (tertiary/aromatic N) is 2. The van der Waals surface area contributed by atoms with Crippen LogP contribution in [0.25, 0.3) is 0 Å². The Morgan fingerprint density at radius 3 is 3.00 bits per heavy atom. The lowest BCUT2D eigenvalue weighted by molar-refractivity contribution is 0.728. The predicted molar refractivity (Wildman–Crippen MR) is 48.0 cm³/mol. The van der Waals surface area contributed by atoms with Crippen molar-refractivity contribution >= 4 is 0 Å². The molecule has 0 radical (unpaired) electrons. The first-order chi connectivity index (χ1) is 5.61. The molecule has 0 spiro atoms. The summed E-state index contributed by atoms with van der Waals surface area (Å²) in [5, 5.41) is 0. The van der Waals surface area contributed by atoms with Gasteiger partial charge in [0.2, 0.25) is 0 Å². The second-order valence-corrected chi connectivity index (χ2v) is 2.90. The van der Waals surface area contributed by atoms with Gasteiger partial charge in [-0.1, -0.05) is 12.2 Å². The summed E-state index contributed by atoms with van der Waals surface area (Å²) in [4.78, 5) is 15.2. The van der Waals surface area contributed by atoms with Crippen LogP contribution in [0, 0.1) is 6.92 Å². The van der Waals surface area contributed by atoms with Crippen LogP contribution in [-0.2, 0) is 6.54 Å². The van der Waals surface area contributed by atoms with Crippen molar-refractivity contribution < 1.29 is 0 Å². The molecule has 64 valence electrons. The third-order valence-electron chi connectivity index (χ3n) is 1.53. The third kappa shape index (κ3) is 1.81. The van der Waals surface area contributed by atoms with E-state index in [1.54, 1.807) is 23.9 Å². The Balaban J connectivity index is 3.09. The lowest BCUT2D eigenvalue weighted by Gasteiger charge is -2.04. The standard InChI is InChI=1S/C9H12N2O/c1-7(2)6-11-5-4-10-8(3)9(11)12/h4-5H,1,6H2,2-3H3. The van der Waals surface area contributed by atoms with Crippen molar-refractivity contribution in [1.82, 2.24) is 9.55 Å². The van der Waals surface area contributed by atoms with Gasteiger partial charge in [-0.25, -0.2) is 0 Å². The second kappa shape index (κ2) is 3.34. The van der Waals surface area contributed by atoms with E-state index in [2.05, 4.69) is 11.6 Å². The second-order valence-electron chi connectivity index (χ2n) is 2.90. The van der Waals surface area contributed by atoms with Gasteiger partial charge in [-0.15, -0.1) is 0 Å². The maximum atomic E-state index is 11.4. The fourth-order valence-corrected chi connectivity index (χ4v) is 0.972. The molecule has 1 aromatic heterocycles. The summed E-state index contributed by atoms with van der Waals surface area (Å²) in [5.74, 6) is 0. The monoisotopic (exact) mass is 164 g/mol. The molecule has 0 bridgehead atoms. The number of aryl methyl sites for hydroxylation is 1. The summed E-state index contributed by atoms with van der Waals surface area (Å²) in [7, 11) is 0. The maximum absolute atomic E-state index is 11.4. The molecular formula is C9H12N2O. The Morgan fingerprint density at radius 1 is 1.75 bits per heavy atom. The first-order valence-corrected chi connectivity index (χ1v) is 3.77. The van der Waals surface area contributed by atoms with E-state index in [0.29, 0.717) is 12.2 Å². The van der Waals surface area contributed by atoms with Gasteiger partial charge in [0.25, 0.3) is 5.56 Å². The molecule has 0 aliphatic carbocycles. The van der Waals surface area contributed by atoms with Crippen LogP contribution in [-0.4, -0.2) is 9.55 Å². The molecule has 3 heteroatoms. The quantitative estimate of drug-likeness (QED) is 0.614. The van der Waals surface area contributed by atoms with Crippen molar-refractivity contribution in [3.05, 3.63) is 40.6 Å². The Morgan fingerprint density at radius 2 is 2.42 bits per heavy atom. The van der Waals surface area contributed by atoms with Gasteiger partial charge in [-0.05, 0) is 13.8 Å². The van der Waals surface area contributed by atoms with Crippen LogP contribution in [0.5, 0.6) is 0 Å². The van der Waals surface area contributed by atoms with Crippen molar-refractivity contribution in [2.24, 2.45) is 0 Å². The molecule has 12 heavy (non-hydrogen) atoms. The molecule has 3 nitrogen and oxygen atoms in total. The van der Waals surface area contributed by atoms with Crippen LogP contribution in [0.1, 0.15) is 12.6 Å². The number of hydrogen-bond acceptors (Lipinski definition) is 2. The van der Waals surface area contributed by atoms with E-state index in [1.165, 1.54) is 0 Å².